The van der Waals surface area contributed by atoms with Gasteiger partial charge in [0.25, 0.3) is 5.56 Å². The van der Waals surface area contributed by atoms with E-state index >= 15 is 0 Å². The van der Waals surface area contributed by atoms with Crippen LogP contribution in [0.25, 0.3) is 10.9 Å². The first-order chi connectivity index (χ1) is 8.78. The number of benzene rings is 1. The third-order valence-electron chi connectivity index (χ3n) is 3.39. The van der Waals surface area contributed by atoms with Crippen molar-refractivity contribution in [3.63, 3.8) is 0 Å². The molecule has 0 aliphatic carbocycles. The van der Waals surface area contributed by atoms with Crippen LogP contribution < -0.4 is 10.9 Å². The van der Waals surface area contributed by atoms with Gasteiger partial charge < -0.3 is 15.0 Å². The number of nitrogens with one attached hydrogen (secondary N) is 2. The lowest BCUT2D eigenvalue weighted by molar-refractivity contribution is 0.117. The average Bonchev–Trinajstić information content (AvgIpc) is 2.87. The van der Waals surface area contributed by atoms with E-state index in [0.717, 1.165) is 18.5 Å². The second-order valence-corrected chi connectivity index (χ2v) is 4.52. The molecule has 18 heavy (non-hydrogen) atoms. The van der Waals surface area contributed by atoms with E-state index in [9.17, 15) is 4.79 Å². The van der Waals surface area contributed by atoms with Gasteiger partial charge in [-0.15, -0.1) is 0 Å². The number of hydrogen-bond donors (Lipinski definition) is 2. The molecule has 1 aromatic carbocycles. The van der Waals surface area contributed by atoms with Crippen LogP contribution in [-0.4, -0.2) is 29.7 Å². The molecule has 1 fully saturated rings. The summed E-state index contributed by atoms with van der Waals surface area (Å²) in [5.74, 6) is 0.693. The van der Waals surface area contributed by atoms with E-state index in [4.69, 9.17) is 4.74 Å². The Bertz CT molecular complexity index is 623. The molecule has 3 rings (SSSR count). The minimum Gasteiger partial charge on any atom is -0.380 e. The third-order valence-corrected chi connectivity index (χ3v) is 3.39. The molecular formula is C13H15N3O2. The van der Waals surface area contributed by atoms with Crippen LogP contribution in [0.15, 0.2) is 29.1 Å². The molecule has 5 heteroatoms. The Morgan fingerprint density at radius 1 is 1.39 bits per heavy atom. The molecule has 2 aromatic rings. The molecule has 2 atom stereocenters. The van der Waals surface area contributed by atoms with Crippen molar-refractivity contribution < 1.29 is 4.74 Å². The van der Waals surface area contributed by atoms with Crippen molar-refractivity contribution in [1.82, 2.24) is 15.3 Å². The van der Waals surface area contributed by atoms with Crippen molar-refractivity contribution in [3.05, 3.63) is 40.4 Å². The predicted molar refractivity (Wildman–Crippen MR) is 68.5 cm³/mol. The molecular weight excluding hydrogens is 230 g/mol. The first-order valence-corrected chi connectivity index (χ1v) is 6.03. The number of nitrogens with zero attached hydrogens (tertiary/aromatic N) is 1. The van der Waals surface area contributed by atoms with Gasteiger partial charge in [-0.1, -0.05) is 12.1 Å². The van der Waals surface area contributed by atoms with E-state index in [1.807, 2.05) is 18.2 Å². The Kier molecular flexibility index (Phi) is 2.85. The van der Waals surface area contributed by atoms with Crippen molar-refractivity contribution in [2.24, 2.45) is 0 Å². The molecule has 5 nitrogen and oxygen atoms in total. The molecule has 0 spiro atoms. The number of rotatable bonds is 2. The fourth-order valence-corrected chi connectivity index (χ4v) is 2.36. The van der Waals surface area contributed by atoms with E-state index in [-0.39, 0.29) is 17.7 Å². The van der Waals surface area contributed by atoms with Gasteiger partial charge in [-0.25, -0.2) is 4.98 Å². The van der Waals surface area contributed by atoms with Gasteiger partial charge in [-0.3, -0.25) is 4.79 Å². The lowest BCUT2D eigenvalue weighted by Gasteiger charge is -2.10. The Labute approximate surface area is 104 Å². The molecule has 1 saturated heterocycles. The van der Waals surface area contributed by atoms with Gasteiger partial charge in [0.2, 0.25) is 0 Å². The van der Waals surface area contributed by atoms with Crippen LogP contribution in [0.3, 0.4) is 0 Å². The largest absolute Gasteiger partial charge is 0.380 e. The summed E-state index contributed by atoms with van der Waals surface area (Å²) < 4.78 is 5.30. The highest BCUT2D eigenvalue weighted by atomic mass is 16.5. The molecule has 2 heterocycles. The third kappa shape index (κ3) is 1.91. The Morgan fingerprint density at radius 3 is 3.00 bits per heavy atom. The highest BCUT2D eigenvalue weighted by Gasteiger charge is 2.26. The zero-order valence-corrected chi connectivity index (χ0v) is 10.1. The van der Waals surface area contributed by atoms with Crippen LogP contribution in [0.2, 0.25) is 0 Å². The van der Waals surface area contributed by atoms with Crippen molar-refractivity contribution >= 4 is 10.9 Å². The topological polar surface area (TPSA) is 67.0 Å². The number of H-pyrrole nitrogens is 1. The molecule has 2 N–H and O–H groups in total. The molecule has 0 amide bonds. The number of hydrogen-bond acceptors (Lipinski definition) is 4. The molecule has 0 radical (unpaired) electrons. The van der Waals surface area contributed by atoms with Gasteiger partial charge in [-0.05, 0) is 18.6 Å². The monoisotopic (exact) mass is 245 g/mol. The van der Waals surface area contributed by atoms with Crippen LogP contribution in [0, 0.1) is 0 Å². The first kappa shape index (κ1) is 11.4. The molecule has 94 valence electrons. The van der Waals surface area contributed by atoms with E-state index in [0.29, 0.717) is 11.2 Å². The zero-order chi connectivity index (χ0) is 12.5. The Balaban J connectivity index is 2.01. The molecule has 0 bridgehead atoms. The van der Waals surface area contributed by atoms with Crippen molar-refractivity contribution in [3.8, 4) is 0 Å². The summed E-state index contributed by atoms with van der Waals surface area (Å²) >= 11 is 0. The summed E-state index contributed by atoms with van der Waals surface area (Å²) in [6, 6.07) is 7.43. The van der Waals surface area contributed by atoms with Crippen LogP contribution in [0.5, 0.6) is 0 Å². The molecule has 1 aromatic heterocycles. The average molecular weight is 245 g/mol. The lowest BCUT2D eigenvalue weighted by Crippen LogP contribution is -2.21. The number of para-hydroxylation sites is 1. The van der Waals surface area contributed by atoms with Crippen LogP contribution in [0.4, 0.5) is 0 Å². The number of aromatic amines is 1. The highest BCUT2D eigenvalue weighted by Crippen LogP contribution is 2.22. The van der Waals surface area contributed by atoms with Gasteiger partial charge in [0.1, 0.15) is 5.82 Å². The van der Waals surface area contributed by atoms with E-state index in [2.05, 4.69) is 15.3 Å². The summed E-state index contributed by atoms with van der Waals surface area (Å²) in [6.07, 6.45) is 1.02. The number of ether oxygens (including phenoxy) is 1. The quantitative estimate of drug-likeness (QED) is 0.827. The molecule has 0 unspecified atom stereocenters. The fraction of sp³-hybridized carbons (Fsp3) is 0.385. The minimum atomic E-state index is -0.0849. The maximum atomic E-state index is 12.0. The number of fused-ring (bicyclic) bond motifs is 1. The SMILES string of the molecule is CO[C@@H]1CN[C@H](c2nc3ccccc3c(=O)[nH]2)C1. The highest BCUT2D eigenvalue weighted by molar-refractivity contribution is 5.77. The summed E-state index contributed by atoms with van der Waals surface area (Å²) in [7, 11) is 1.70. The van der Waals surface area contributed by atoms with Gasteiger partial charge in [0, 0.05) is 13.7 Å². The Morgan fingerprint density at radius 2 is 2.22 bits per heavy atom. The summed E-state index contributed by atoms with van der Waals surface area (Å²) in [5, 5.41) is 3.94. The summed E-state index contributed by atoms with van der Waals surface area (Å²) in [4.78, 5) is 19.3. The zero-order valence-electron chi connectivity index (χ0n) is 10.1. The molecule has 0 saturated carbocycles. The van der Waals surface area contributed by atoms with E-state index in [1.54, 1.807) is 13.2 Å². The molecule has 1 aliphatic rings. The van der Waals surface area contributed by atoms with Crippen molar-refractivity contribution in [2.75, 3.05) is 13.7 Å². The van der Waals surface area contributed by atoms with Crippen LogP contribution in [-0.2, 0) is 4.74 Å². The van der Waals surface area contributed by atoms with Gasteiger partial charge in [-0.2, -0.15) is 0 Å². The summed E-state index contributed by atoms with van der Waals surface area (Å²) in [5.41, 5.74) is 0.650. The number of aromatic nitrogens is 2. The normalized spacial score (nSPS) is 23.6. The van der Waals surface area contributed by atoms with Crippen molar-refractivity contribution in [2.45, 2.75) is 18.6 Å². The molecule has 1 aliphatic heterocycles. The Hall–Kier alpha value is -1.72. The van der Waals surface area contributed by atoms with E-state index < -0.39 is 0 Å². The van der Waals surface area contributed by atoms with Gasteiger partial charge >= 0.3 is 0 Å². The summed E-state index contributed by atoms with van der Waals surface area (Å²) in [6.45, 7) is 0.789. The van der Waals surface area contributed by atoms with Gasteiger partial charge in [0.15, 0.2) is 0 Å². The number of methoxy groups -OCH3 is 1. The fourth-order valence-electron chi connectivity index (χ4n) is 2.36. The second-order valence-electron chi connectivity index (χ2n) is 4.52. The lowest BCUT2D eigenvalue weighted by atomic mass is 10.1. The van der Waals surface area contributed by atoms with Crippen LogP contribution in [0.1, 0.15) is 18.3 Å². The minimum absolute atomic E-state index is 0.0623. The van der Waals surface area contributed by atoms with Crippen LogP contribution >= 0.6 is 0 Å². The standard InChI is InChI=1S/C13H15N3O2/c1-18-8-6-11(14-7-8)12-15-10-5-3-2-4-9(10)13(17)16-12/h2-5,8,11,14H,6-7H2,1H3,(H,15,16,17)/t8-,11-/m0/s1. The second kappa shape index (κ2) is 4.51. The first-order valence-electron chi connectivity index (χ1n) is 6.03. The predicted octanol–water partition coefficient (Wildman–Crippen LogP) is 0.972. The maximum absolute atomic E-state index is 12.0. The smallest absolute Gasteiger partial charge is 0.258 e. The maximum Gasteiger partial charge on any atom is 0.258 e. The van der Waals surface area contributed by atoms with Gasteiger partial charge in [0.05, 0.1) is 23.0 Å². The van der Waals surface area contributed by atoms with Crippen molar-refractivity contribution in [1.29, 1.82) is 0 Å². The van der Waals surface area contributed by atoms with E-state index in [1.165, 1.54) is 0 Å².